The van der Waals surface area contributed by atoms with Gasteiger partial charge in [-0.05, 0) is 30.3 Å². The average Bonchev–Trinajstić information content (AvgIpc) is 3.17. The number of ether oxygens (including phenoxy) is 2. The minimum absolute atomic E-state index is 0.318. The number of rotatable bonds is 3. The first-order valence-electron chi connectivity index (χ1n) is 7.48. The molecule has 1 aliphatic rings. The summed E-state index contributed by atoms with van der Waals surface area (Å²) in [5.74, 6) is 0.978. The summed E-state index contributed by atoms with van der Waals surface area (Å²) in [6, 6.07) is 10.3. The summed E-state index contributed by atoms with van der Waals surface area (Å²) in [5, 5.41) is 10.6. The fourth-order valence-electron chi connectivity index (χ4n) is 2.47. The maximum atomic E-state index is 12.5. The van der Waals surface area contributed by atoms with E-state index in [4.69, 9.17) is 25.5 Å². The van der Waals surface area contributed by atoms with E-state index in [1.807, 2.05) is 6.07 Å². The van der Waals surface area contributed by atoms with E-state index in [0.29, 0.717) is 52.4 Å². The van der Waals surface area contributed by atoms with Crippen LogP contribution in [0.4, 0.5) is 5.69 Å². The van der Waals surface area contributed by atoms with Crippen LogP contribution in [0.2, 0.25) is 5.02 Å². The van der Waals surface area contributed by atoms with Crippen molar-refractivity contribution in [3.8, 4) is 23.0 Å². The van der Waals surface area contributed by atoms with Crippen LogP contribution < -0.4 is 14.8 Å². The van der Waals surface area contributed by atoms with Crippen LogP contribution in [0.25, 0.3) is 11.5 Å². The molecule has 1 N–H and O–H groups in total. The van der Waals surface area contributed by atoms with Crippen molar-refractivity contribution in [1.82, 2.24) is 10.2 Å². The molecule has 1 aliphatic heterocycles. The van der Waals surface area contributed by atoms with Gasteiger partial charge >= 0.3 is 0 Å². The number of amides is 1. The fraction of sp³-hybridized carbons (Fsp3) is 0.118. The Morgan fingerprint density at radius 2 is 2.04 bits per heavy atom. The topological polar surface area (TPSA) is 86.5 Å². The van der Waals surface area contributed by atoms with Crippen molar-refractivity contribution in [2.75, 3.05) is 18.5 Å². The van der Waals surface area contributed by atoms with Gasteiger partial charge in [0.15, 0.2) is 11.5 Å². The Kier molecular flexibility index (Phi) is 3.99. The molecule has 3 aromatic rings. The van der Waals surface area contributed by atoms with Gasteiger partial charge in [-0.3, -0.25) is 4.79 Å². The summed E-state index contributed by atoms with van der Waals surface area (Å²) in [6.07, 6.45) is 1.25. The fourth-order valence-corrected chi connectivity index (χ4v) is 2.74. The second kappa shape index (κ2) is 6.45. The molecule has 25 heavy (non-hydrogen) atoms. The molecule has 0 saturated heterocycles. The molecule has 7 nitrogen and oxygen atoms in total. The van der Waals surface area contributed by atoms with Crippen molar-refractivity contribution >= 4 is 23.2 Å². The summed E-state index contributed by atoms with van der Waals surface area (Å²) < 4.78 is 16.1. The van der Waals surface area contributed by atoms with Crippen LogP contribution in [0.5, 0.6) is 11.5 Å². The summed E-state index contributed by atoms with van der Waals surface area (Å²) in [6.45, 7) is 0.849. The molecule has 0 aliphatic carbocycles. The van der Waals surface area contributed by atoms with Gasteiger partial charge in [-0.15, -0.1) is 10.2 Å². The smallest absolute Gasteiger partial charge is 0.255 e. The standard InChI is InChI=1S/C17H12ClN3O4/c18-13-7-11(8-14-15(13)24-5-4-23-14)16(22)20-12-3-1-2-10(6-12)17-21-19-9-25-17/h1-3,6-9H,4-5H2,(H,20,22). The van der Waals surface area contributed by atoms with E-state index >= 15 is 0 Å². The molecular weight excluding hydrogens is 346 g/mol. The molecule has 8 heteroatoms. The van der Waals surface area contributed by atoms with E-state index in [1.165, 1.54) is 6.39 Å². The number of carbonyl (C=O) groups is 1. The van der Waals surface area contributed by atoms with Crippen LogP contribution in [0, 0.1) is 0 Å². The van der Waals surface area contributed by atoms with Crippen LogP contribution in [-0.4, -0.2) is 29.3 Å². The normalized spacial score (nSPS) is 12.7. The minimum Gasteiger partial charge on any atom is -0.486 e. The van der Waals surface area contributed by atoms with E-state index in [0.717, 1.165) is 0 Å². The molecule has 126 valence electrons. The minimum atomic E-state index is -0.318. The van der Waals surface area contributed by atoms with Gasteiger partial charge in [0.1, 0.15) is 13.2 Å². The highest BCUT2D eigenvalue weighted by Gasteiger charge is 2.19. The highest BCUT2D eigenvalue weighted by atomic mass is 35.5. The maximum Gasteiger partial charge on any atom is 0.255 e. The number of nitrogens with zero attached hydrogens (tertiary/aromatic N) is 2. The Morgan fingerprint density at radius 3 is 2.88 bits per heavy atom. The van der Waals surface area contributed by atoms with Gasteiger partial charge in [-0.25, -0.2) is 0 Å². The first kappa shape index (κ1) is 15.5. The highest BCUT2D eigenvalue weighted by molar-refractivity contribution is 6.32. The van der Waals surface area contributed by atoms with Gasteiger partial charge in [0, 0.05) is 16.8 Å². The van der Waals surface area contributed by atoms with Gasteiger partial charge in [0.2, 0.25) is 12.3 Å². The van der Waals surface area contributed by atoms with Crippen molar-refractivity contribution in [2.45, 2.75) is 0 Å². The second-order valence-electron chi connectivity index (χ2n) is 5.26. The van der Waals surface area contributed by atoms with Gasteiger partial charge in [0.25, 0.3) is 5.91 Å². The predicted molar refractivity (Wildman–Crippen MR) is 90.1 cm³/mol. The lowest BCUT2D eigenvalue weighted by atomic mass is 10.1. The van der Waals surface area contributed by atoms with Crippen molar-refractivity contribution in [1.29, 1.82) is 0 Å². The molecular formula is C17H12ClN3O4. The molecule has 0 bridgehead atoms. The molecule has 2 heterocycles. The lowest BCUT2D eigenvalue weighted by Gasteiger charge is -2.20. The van der Waals surface area contributed by atoms with Crippen LogP contribution >= 0.6 is 11.6 Å². The van der Waals surface area contributed by atoms with Crippen molar-refractivity contribution in [3.05, 3.63) is 53.4 Å². The van der Waals surface area contributed by atoms with Crippen LogP contribution in [0.3, 0.4) is 0 Å². The lowest BCUT2D eigenvalue weighted by molar-refractivity contribution is 0.102. The average molecular weight is 358 g/mol. The Balaban J connectivity index is 1.58. The summed E-state index contributed by atoms with van der Waals surface area (Å²) in [7, 11) is 0. The molecule has 0 saturated carbocycles. The number of fused-ring (bicyclic) bond motifs is 1. The Morgan fingerprint density at radius 1 is 1.16 bits per heavy atom. The number of nitrogens with one attached hydrogen (secondary N) is 1. The van der Waals surface area contributed by atoms with Gasteiger partial charge < -0.3 is 19.2 Å². The maximum absolute atomic E-state index is 12.5. The second-order valence-corrected chi connectivity index (χ2v) is 5.67. The molecule has 2 aromatic carbocycles. The van der Waals surface area contributed by atoms with Crippen molar-refractivity contribution < 1.29 is 18.7 Å². The largest absolute Gasteiger partial charge is 0.486 e. The Bertz CT molecular complexity index is 928. The van der Waals surface area contributed by atoms with Gasteiger partial charge in [-0.1, -0.05) is 17.7 Å². The molecule has 0 fully saturated rings. The first-order chi connectivity index (χ1) is 12.2. The van der Waals surface area contributed by atoms with E-state index in [2.05, 4.69) is 15.5 Å². The molecule has 0 atom stereocenters. The number of anilines is 1. The number of halogens is 1. The summed E-state index contributed by atoms with van der Waals surface area (Å²) in [4.78, 5) is 12.5. The third kappa shape index (κ3) is 3.14. The van der Waals surface area contributed by atoms with E-state index in [9.17, 15) is 4.79 Å². The molecule has 4 rings (SSSR count). The van der Waals surface area contributed by atoms with E-state index in [1.54, 1.807) is 30.3 Å². The monoisotopic (exact) mass is 357 g/mol. The zero-order chi connectivity index (χ0) is 17.2. The SMILES string of the molecule is O=C(Nc1cccc(-c2nnco2)c1)c1cc(Cl)c2c(c1)OCCO2. The Labute approximate surface area is 147 Å². The molecule has 0 radical (unpaired) electrons. The van der Waals surface area contributed by atoms with Crippen LogP contribution in [0.15, 0.2) is 47.2 Å². The van der Waals surface area contributed by atoms with Crippen molar-refractivity contribution in [3.63, 3.8) is 0 Å². The first-order valence-corrected chi connectivity index (χ1v) is 7.85. The van der Waals surface area contributed by atoms with Crippen LogP contribution in [-0.2, 0) is 0 Å². The molecule has 0 spiro atoms. The zero-order valence-electron chi connectivity index (χ0n) is 12.9. The molecule has 0 unspecified atom stereocenters. The molecule has 1 aromatic heterocycles. The van der Waals surface area contributed by atoms with Crippen LogP contribution in [0.1, 0.15) is 10.4 Å². The number of carbonyl (C=O) groups excluding carboxylic acids is 1. The number of hydrogen-bond donors (Lipinski definition) is 1. The lowest BCUT2D eigenvalue weighted by Crippen LogP contribution is -2.17. The number of benzene rings is 2. The highest BCUT2D eigenvalue weighted by Crippen LogP contribution is 2.38. The molecule has 1 amide bonds. The quantitative estimate of drug-likeness (QED) is 0.773. The Hall–Kier alpha value is -3.06. The summed E-state index contributed by atoms with van der Waals surface area (Å²) >= 11 is 6.17. The van der Waals surface area contributed by atoms with E-state index in [-0.39, 0.29) is 5.91 Å². The van der Waals surface area contributed by atoms with Crippen molar-refractivity contribution in [2.24, 2.45) is 0 Å². The number of aromatic nitrogens is 2. The zero-order valence-corrected chi connectivity index (χ0v) is 13.6. The predicted octanol–water partition coefficient (Wildman–Crippen LogP) is 3.41. The summed E-state index contributed by atoms with van der Waals surface area (Å²) in [5.41, 5.74) is 1.67. The number of hydrogen-bond acceptors (Lipinski definition) is 6. The van der Waals surface area contributed by atoms with E-state index < -0.39 is 0 Å². The third-order valence-electron chi connectivity index (χ3n) is 3.59. The van der Waals surface area contributed by atoms with Gasteiger partial charge in [-0.2, -0.15) is 0 Å². The van der Waals surface area contributed by atoms with Gasteiger partial charge in [0.05, 0.1) is 5.02 Å². The third-order valence-corrected chi connectivity index (χ3v) is 3.87.